The van der Waals surface area contributed by atoms with Gasteiger partial charge >= 0.3 is 12.1 Å². The standard InChI is InChI=1S/C21H26N2O4/c1-21(2,3)27-20(25)23-10-8-14(9-11-23)15-6-7-16-17(19(24)26-5)13-22(4)18(16)12-15/h6-8,12-13H,9-11H2,1-5H3. The molecule has 6 heteroatoms. The summed E-state index contributed by atoms with van der Waals surface area (Å²) < 4.78 is 12.2. The molecule has 0 aliphatic carbocycles. The van der Waals surface area contributed by atoms with Gasteiger partial charge in [0.15, 0.2) is 0 Å². The van der Waals surface area contributed by atoms with Crippen LogP contribution in [0, 0.1) is 0 Å². The summed E-state index contributed by atoms with van der Waals surface area (Å²) in [5.74, 6) is -0.335. The highest BCUT2D eigenvalue weighted by Crippen LogP contribution is 2.29. The number of rotatable bonds is 2. The van der Waals surface area contributed by atoms with Gasteiger partial charge in [0.2, 0.25) is 0 Å². The van der Waals surface area contributed by atoms with E-state index in [0.717, 1.165) is 22.9 Å². The van der Waals surface area contributed by atoms with Gasteiger partial charge in [0, 0.05) is 37.2 Å². The zero-order valence-corrected chi connectivity index (χ0v) is 16.5. The highest BCUT2D eigenvalue weighted by atomic mass is 16.6. The number of aryl methyl sites for hydroxylation is 1. The molecule has 1 aromatic heterocycles. The molecule has 3 rings (SSSR count). The minimum Gasteiger partial charge on any atom is -0.465 e. The molecule has 0 N–H and O–H groups in total. The molecule has 0 spiro atoms. The van der Waals surface area contributed by atoms with Gasteiger partial charge in [-0.05, 0) is 44.4 Å². The Morgan fingerprint density at radius 3 is 2.52 bits per heavy atom. The Bertz CT molecular complexity index is 918. The van der Waals surface area contributed by atoms with Crippen molar-refractivity contribution in [3.63, 3.8) is 0 Å². The van der Waals surface area contributed by atoms with Crippen LogP contribution in [-0.2, 0) is 16.5 Å². The van der Waals surface area contributed by atoms with Crippen LogP contribution in [0.3, 0.4) is 0 Å². The molecule has 0 unspecified atom stereocenters. The molecule has 27 heavy (non-hydrogen) atoms. The number of ether oxygens (including phenoxy) is 2. The topological polar surface area (TPSA) is 60.8 Å². The summed E-state index contributed by atoms with van der Waals surface area (Å²) in [4.78, 5) is 25.8. The lowest BCUT2D eigenvalue weighted by molar-refractivity contribution is 0.0270. The van der Waals surface area contributed by atoms with Crippen LogP contribution in [0.4, 0.5) is 4.79 Å². The van der Waals surface area contributed by atoms with Gasteiger partial charge in [-0.1, -0.05) is 18.2 Å². The maximum absolute atomic E-state index is 12.2. The van der Waals surface area contributed by atoms with E-state index >= 15 is 0 Å². The van der Waals surface area contributed by atoms with Crippen LogP contribution in [0.5, 0.6) is 0 Å². The van der Waals surface area contributed by atoms with E-state index in [0.29, 0.717) is 18.7 Å². The predicted molar refractivity (Wildman–Crippen MR) is 105 cm³/mol. The van der Waals surface area contributed by atoms with Gasteiger partial charge in [-0.2, -0.15) is 0 Å². The van der Waals surface area contributed by atoms with Gasteiger partial charge < -0.3 is 18.9 Å². The fourth-order valence-electron chi connectivity index (χ4n) is 3.28. The van der Waals surface area contributed by atoms with E-state index in [4.69, 9.17) is 9.47 Å². The van der Waals surface area contributed by atoms with Gasteiger partial charge in [0.25, 0.3) is 0 Å². The first-order valence-electron chi connectivity index (χ1n) is 9.04. The molecule has 0 radical (unpaired) electrons. The summed E-state index contributed by atoms with van der Waals surface area (Å²) in [6.45, 7) is 6.76. The van der Waals surface area contributed by atoms with Crippen molar-refractivity contribution in [1.29, 1.82) is 0 Å². The average Bonchev–Trinajstić information content (AvgIpc) is 2.96. The maximum atomic E-state index is 12.2. The van der Waals surface area contributed by atoms with Crippen molar-refractivity contribution in [2.45, 2.75) is 32.8 Å². The molecule has 6 nitrogen and oxygen atoms in total. The monoisotopic (exact) mass is 370 g/mol. The van der Waals surface area contributed by atoms with Crippen LogP contribution >= 0.6 is 0 Å². The highest BCUT2D eigenvalue weighted by Gasteiger charge is 2.24. The lowest BCUT2D eigenvalue weighted by Gasteiger charge is -2.29. The van der Waals surface area contributed by atoms with Crippen molar-refractivity contribution < 1.29 is 19.1 Å². The summed E-state index contributed by atoms with van der Waals surface area (Å²) in [5, 5.41) is 0.875. The lowest BCUT2D eigenvalue weighted by atomic mass is 9.98. The zero-order chi connectivity index (χ0) is 19.8. The van der Waals surface area contributed by atoms with Crippen molar-refractivity contribution in [3.8, 4) is 0 Å². The summed E-state index contributed by atoms with van der Waals surface area (Å²) in [7, 11) is 3.30. The predicted octanol–water partition coefficient (Wildman–Crippen LogP) is 3.99. The third-order valence-electron chi connectivity index (χ3n) is 4.63. The number of carbonyl (C=O) groups excluding carboxylic acids is 2. The molecule has 2 heterocycles. The van der Waals surface area contributed by atoms with Gasteiger partial charge in [-0.15, -0.1) is 0 Å². The maximum Gasteiger partial charge on any atom is 0.410 e. The Morgan fingerprint density at radius 2 is 1.93 bits per heavy atom. The van der Waals surface area contributed by atoms with E-state index in [1.165, 1.54) is 12.7 Å². The number of amides is 1. The zero-order valence-electron chi connectivity index (χ0n) is 16.5. The van der Waals surface area contributed by atoms with Crippen molar-refractivity contribution in [1.82, 2.24) is 9.47 Å². The molecule has 1 amide bonds. The smallest absolute Gasteiger partial charge is 0.410 e. The fourth-order valence-corrected chi connectivity index (χ4v) is 3.28. The van der Waals surface area contributed by atoms with Gasteiger partial charge in [0.05, 0.1) is 12.7 Å². The molecule has 1 aromatic carbocycles. The molecule has 1 aliphatic heterocycles. The molecular formula is C21H26N2O4. The number of benzene rings is 1. The van der Waals surface area contributed by atoms with Gasteiger partial charge in [0.1, 0.15) is 5.60 Å². The van der Waals surface area contributed by atoms with E-state index in [-0.39, 0.29) is 12.1 Å². The molecule has 2 aromatic rings. The first-order valence-corrected chi connectivity index (χ1v) is 9.04. The molecule has 0 atom stereocenters. The van der Waals surface area contributed by atoms with Crippen molar-refractivity contribution >= 4 is 28.5 Å². The van der Waals surface area contributed by atoms with Crippen LogP contribution in [-0.4, -0.2) is 47.3 Å². The quantitative estimate of drug-likeness (QED) is 0.750. The van der Waals surface area contributed by atoms with Crippen LogP contribution in [0.15, 0.2) is 30.5 Å². The number of esters is 1. The number of methoxy groups -OCH3 is 1. The number of carbonyl (C=O) groups is 2. The SMILES string of the molecule is COC(=O)c1cn(C)c2cc(C3=CCN(C(=O)OC(C)(C)C)CC3)ccc12. The van der Waals surface area contributed by atoms with Crippen molar-refractivity contribution in [2.75, 3.05) is 20.2 Å². The Kier molecular flexibility index (Phi) is 5.00. The number of hydrogen-bond donors (Lipinski definition) is 0. The third-order valence-corrected chi connectivity index (χ3v) is 4.63. The largest absolute Gasteiger partial charge is 0.465 e. The first kappa shape index (κ1) is 19.0. The lowest BCUT2D eigenvalue weighted by Crippen LogP contribution is -2.39. The van der Waals surface area contributed by atoms with Gasteiger partial charge in [-0.3, -0.25) is 0 Å². The molecule has 0 bridgehead atoms. The Labute approximate surface area is 159 Å². The van der Waals surface area contributed by atoms with E-state index < -0.39 is 5.60 Å². The first-order chi connectivity index (χ1) is 12.7. The van der Waals surface area contributed by atoms with Crippen LogP contribution in [0.25, 0.3) is 16.5 Å². The highest BCUT2D eigenvalue weighted by molar-refractivity contribution is 6.04. The molecule has 0 saturated heterocycles. The molecule has 0 saturated carbocycles. The minimum absolute atomic E-state index is 0.279. The average molecular weight is 370 g/mol. The van der Waals surface area contributed by atoms with Crippen LogP contribution in [0.2, 0.25) is 0 Å². The molecule has 144 valence electrons. The normalized spacial score (nSPS) is 14.9. The van der Waals surface area contributed by atoms with E-state index in [2.05, 4.69) is 12.1 Å². The third kappa shape index (κ3) is 3.99. The summed E-state index contributed by atoms with van der Waals surface area (Å²) in [5.41, 5.74) is 3.34. The second kappa shape index (κ2) is 7.10. The number of aromatic nitrogens is 1. The molecular weight excluding hydrogens is 344 g/mol. The Hall–Kier alpha value is -2.76. The summed E-state index contributed by atoms with van der Waals surface area (Å²) in [6.07, 6.45) is 4.34. The fraction of sp³-hybridized carbons (Fsp3) is 0.429. The van der Waals surface area contributed by atoms with Gasteiger partial charge in [-0.25, -0.2) is 9.59 Å². The molecule has 0 fully saturated rings. The van der Waals surface area contributed by atoms with Crippen molar-refractivity contribution in [2.24, 2.45) is 7.05 Å². The summed E-state index contributed by atoms with van der Waals surface area (Å²) in [6, 6.07) is 6.05. The second-order valence-electron chi connectivity index (χ2n) is 7.78. The molecule has 1 aliphatic rings. The number of fused-ring (bicyclic) bond motifs is 1. The number of hydrogen-bond acceptors (Lipinski definition) is 4. The summed E-state index contributed by atoms with van der Waals surface area (Å²) >= 11 is 0. The van der Waals surface area contributed by atoms with E-state index in [9.17, 15) is 9.59 Å². The Morgan fingerprint density at radius 1 is 1.19 bits per heavy atom. The minimum atomic E-state index is -0.490. The van der Waals surface area contributed by atoms with E-state index in [1.54, 1.807) is 11.1 Å². The number of nitrogens with zero attached hydrogens (tertiary/aromatic N) is 2. The Balaban J connectivity index is 1.82. The second-order valence-corrected chi connectivity index (χ2v) is 7.78. The van der Waals surface area contributed by atoms with E-state index in [1.807, 2.05) is 44.5 Å². The van der Waals surface area contributed by atoms with Crippen LogP contribution in [0.1, 0.15) is 43.1 Å². The van der Waals surface area contributed by atoms with Crippen molar-refractivity contribution in [3.05, 3.63) is 41.6 Å². The van der Waals surface area contributed by atoms with Crippen LogP contribution < -0.4 is 0 Å².